The Hall–Kier alpha value is -1.47. The molecule has 2 unspecified atom stereocenters. The fraction of sp³-hybridized carbons (Fsp3) is 0.632. The first-order chi connectivity index (χ1) is 11.8. The molecule has 0 aromatic heterocycles. The second-order valence-electron chi connectivity index (χ2n) is 7.32. The fourth-order valence-corrected chi connectivity index (χ4v) is 3.39. The third-order valence-corrected chi connectivity index (χ3v) is 4.90. The summed E-state index contributed by atoms with van der Waals surface area (Å²) in [5.74, 6) is -1.04. The minimum Gasteiger partial charge on any atom is -0.456 e. The van der Waals surface area contributed by atoms with Gasteiger partial charge >= 0.3 is 5.97 Å². The molecule has 0 aliphatic carbocycles. The Kier molecular flexibility index (Phi) is 5.16. The third kappa shape index (κ3) is 4.03. The van der Waals surface area contributed by atoms with Gasteiger partial charge in [-0.05, 0) is 45.7 Å². The summed E-state index contributed by atoms with van der Waals surface area (Å²) in [7, 11) is 0. The van der Waals surface area contributed by atoms with Crippen LogP contribution in [0.5, 0.6) is 0 Å². The van der Waals surface area contributed by atoms with E-state index in [-0.39, 0.29) is 12.7 Å². The minimum atomic E-state index is -0.637. The molecular weight excluding hydrogens is 324 g/mol. The van der Waals surface area contributed by atoms with Crippen LogP contribution in [-0.4, -0.2) is 54.0 Å². The fourth-order valence-electron chi connectivity index (χ4n) is 3.39. The first-order valence-electron chi connectivity index (χ1n) is 8.69. The van der Waals surface area contributed by atoms with E-state index in [0.717, 1.165) is 0 Å². The van der Waals surface area contributed by atoms with E-state index in [1.807, 2.05) is 26.8 Å². The Balaban J connectivity index is 1.65. The zero-order chi connectivity index (χ0) is 18.1. The zero-order valence-electron chi connectivity index (χ0n) is 14.9. The first-order valence-corrected chi connectivity index (χ1v) is 8.69. The maximum Gasteiger partial charge on any atom is 0.338 e. The number of rotatable bonds is 4. The Morgan fingerprint density at radius 1 is 1.24 bits per heavy atom. The van der Waals surface area contributed by atoms with Crippen molar-refractivity contribution in [2.24, 2.45) is 0 Å². The molecule has 6 nitrogen and oxygen atoms in total. The number of hydrogen-bond donors (Lipinski definition) is 1. The van der Waals surface area contributed by atoms with Crippen LogP contribution in [0.15, 0.2) is 30.3 Å². The monoisotopic (exact) mass is 350 g/mol. The zero-order valence-corrected chi connectivity index (χ0v) is 14.9. The van der Waals surface area contributed by atoms with Crippen molar-refractivity contribution in [3.05, 3.63) is 35.9 Å². The number of aliphatic hydroxyl groups is 1. The van der Waals surface area contributed by atoms with Gasteiger partial charge < -0.3 is 24.1 Å². The third-order valence-electron chi connectivity index (χ3n) is 4.90. The molecular formula is C19H26O6. The van der Waals surface area contributed by atoms with E-state index in [4.69, 9.17) is 18.9 Å². The summed E-state index contributed by atoms with van der Waals surface area (Å²) in [6, 6.07) is 8.82. The second kappa shape index (κ2) is 7.03. The van der Waals surface area contributed by atoms with Crippen molar-refractivity contribution in [1.29, 1.82) is 0 Å². The molecule has 0 bridgehead atoms. The maximum absolute atomic E-state index is 12.3. The van der Waals surface area contributed by atoms with Crippen LogP contribution in [0.3, 0.4) is 0 Å². The van der Waals surface area contributed by atoms with Crippen LogP contribution in [0.2, 0.25) is 0 Å². The molecule has 0 amide bonds. The summed E-state index contributed by atoms with van der Waals surface area (Å²) < 4.78 is 23.3. The summed E-state index contributed by atoms with van der Waals surface area (Å²) in [4.78, 5) is 12.3. The molecule has 1 aromatic rings. The molecule has 2 aliphatic rings. The van der Waals surface area contributed by atoms with E-state index in [1.165, 1.54) is 0 Å². The van der Waals surface area contributed by atoms with Crippen molar-refractivity contribution in [3.63, 3.8) is 0 Å². The summed E-state index contributed by atoms with van der Waals surface area (Å²) >= 11 is 0. The number of esters is 1. The van der Waals surface area contributed by atoms with Crippen LogP contribution >= 0.6 is 0 Å². The van der Waals surface area contributed by atoms with Crippen LogP contribution in [0.4, 0.5) is 0 Å². The normalized spacial score (nSPS) is 34.6. The van der Waals surface area contributed by atoms with Gasteiger partial charge in [-0.1, -0.05) is 18.2 Å². The quantitative estimate of drug-likeness (QED) is 0.840. The number of carbonyl (C=O) groups is 1. The van der Waals surface area contributed by atoms with Crippen molar-refractivity contribution >= 4 is 5.97 Å². The molecule has 3 rings (SSSR count). The molecule has 25 heavy (non-hydrogen) atoms. The van der Waals surface area contributed by atoms with Crippen LogP contribution in [0.1, 0.15) is 44.0 Å². The highest BCUT2D eigenvalue weighted by Crippen LogP contribution is 2.39. The minimum absolute atomic E-state index is 0.220. The van der Waals surface area contributed by atoms with Crippen LogP contribution in [-0.2, 0) is 18.9 Å². The molecule has 4 atom stereocenters. The number of carbonyl (C=O) groups excluding carboxylic acids is 1. The average Bonchev–Trinajstić information content (AvgIpc) is 2.98. The van der Waals surface area contributed by atoms with Crippen molar-refractivity contribution in [3.8, 4) is 0 Å². The van der Waals surface area contributed by atoms with Gasteiger partial charge in [-0.25, -0.2) is 4.79 Å². The Morgan fingerprint density at radius 2 is 1.96 bits per heavy atom. The summed E-state index contributed by atoms with van der Waals surface area (Å²) in [6.07, 6.45) is -0.0387. The molecule has 138 valence electrons. The summed E-state index contributed by atoms with van der Waals surface area (Å²) in [6.45, 7) is 5.91. The largest absolute Gasteiger partial charge is 0.456 e. The van der Waals surface area contributed by atoms with Gasteiger partial charge in [0.2, 0.25) is 0 Å². The lowest BCUT2D eigenvalue weighted by atomic mass is 9.87. The SMILES string of the molecule is CC1(C)OCC([C@]2(C)CC[C@H](OC(=O)c3ccccc3)C(CO)O2)O1. The van der Waals surface area contributed by atoms with Crippen molar-refractivity contribution in [2.75, 3.05) is 13.2 Å². The molecule has 0 radical (unpaired) electrons. The van der Waals surface area contributed by atoms with E-state index < -0.39 is 29.6 Å². The highest BCUT2D eigenvalue weighted by Gasteiger charge is 2.50. The maximum atomic E-state index is 12.3. The van der Waals surface area contributed by atoms with E-state index in [2.05, 4.69) is 0 Å². The van der Waals surface area contributed by atoms with Crippen molar-refractivity contribution < 1.29 is 28.8 Å². The van der Waals surface area contributed by atoms with Gasteiger partial charge in [0.25, 0.3) is 0 Å². The second-order valence-corrected chi connectivity index (χ2v) is 7.32. The highest BCUT2D eigenvalue weighted by atomic mass is 16.8. The molecule has 1 N–H and O–H groups in total. The lowest BCUT2D eigenvalue weighted by Gasteiger charge is -2.44. The summed E-state index contributed by atoms with van der Waals surface area (Å²) in [5.41, 5.74) is -0.0987. The predicted octanol–water partition coefficient (Wildman–Crippen LogP) is 2.29. The number of ether oxygens (including phenoxy) is 4. The van der Waals surface area contributed by atoms with Gasteiger partial charge in [0.05, 0.1) is 24.4 Å². The first kappa shape index (κ1) is 18.3. The molecule has 6 heteroatoms. The predicted molar refractivity (Wildman–Crippen MR) is 90.1 cm³/mol. The average molecular weight is 350 g/mol. The number of aliphatic hydroxyl groups excluding tert-OH is 1. The molecule has 0 spiro atoms. The molecule has 2 saturated heterocycles. The number of benzene rings is 1. The molecule has 0 saturated carbocycles. The molecule has 2 heterocycles. The Bertz CT molecular complexity index is 601. The van der Waals surface area contributed by atoms with Crippen molar-refractivity contribution in [1.82, 2.24) is 0 Å². The number of hydrogen-bond acceptors (Lipinski definition) is 6. The van der Waals surface area contributed by atoms with Gasteiger partial charge in [0.1, 0.15) is 18.3 Å². The Labute approximate surface area is 148 Å². The van der Waals surface area contributed by atoms with E-state index in [1.54, 1.807) is 24.3 Å². The topological polar surface area (TPSA) is 74.2 Å². The summed E-state index contributed by atoms with van der Waals surface area (Å²) in [5, 5.41) is 9.73. The lowest BCUT2D eigenvalue weighted by Crippen LogP contribution is -2.55. The van der Waals surface area contributed by atoms with Gasteiger partial charge in [0.15, 0.2) is 5.79 Å². The van der Waals surface area contributed by atoms with E-state index >= 15 is 0 Å². The Morgan fingerprint density at radius 3 is 2.56 bits per heavy atom. The van der Waals surface area contributed by atoms with Crippen molar-refractivity contribution in [2.45, 2.75) is 63.3 Å². The van der Waals surface area contributed by atoms with Gasteiger partial charge in [-0.3, -0.25) is 0 Å². The van der Waals surface area contributed by atoms with E-state index in [9.17, 15) is 9.90 Å². The van der Waals surface area contributed by atoms with Gasteiger partial charge in [-0.15, -0.1) is 0 Å². The molecule has 2 fully saturated rings. The van der Waals surface area contributed by atoms with Gasteiger partial charge in [-0.2, -0.15) is 0 Å². The lowest BCUT2D eigenvalue weighted by molar-refractivity contribution is -0.231. The molecule has 1 aromatic carbocycles. The smallest absolute Gasteiger partial charge is 0.338 e. The van der Waals surface area contributed by atoms with Crippen LogP contribution in [0.25, 0.3) is 0 Å². The molecule has 2 aliphatic heterocycles. The van der Waals surface area contributed by atoms with Crippen LogP contribution in [0, 0.1) is 0 Å². The van der Waals surface area contributed by atoms with Gasteiger partial charge in [0, 0.05) is 0 Å². The van der Waals surface area contributed by atoms with E-state index in [0.29, 0.717) is 25.0 Å². The van der Waals surface area contributed by atoms with Crippen LogP contribution < -0.4 is 0 Å². The highest BCUT2D eigenvalue weighted by molar-refractivity contribution is 5.89. The standard InChI is InChI=1S/C19H26O6/c1-18(2)22-12-16(25-18)19(3)10-9-14(15(11-20)24-19)23-17(21)13-7-5-4-6-8-13/h4-8,14-16,20H,9-12H2,1-3H3/t14-,15?,16?,19-/m0/s1.